The van der Waals surface area contributed by atoms with Crippen LogP contribution in [0.4, 0.5) is 5.82 Å². The van der Waals surface area contributed by atoms with Gasteiger partial charge in [0.2, 0.25) is 23.6 Å². The van der Waals surface area contributed by atoms with Gasteiger partial charge in [0.15, 0.2) is 11.6 Å². The van der Waals surface area contributed by atoms with E-state index in [1.165, 1.54) is 4.90 Å². The van der Waals surface area contributed by atoms with E-state index in [4.69, 9.17) is 19.2 Å². The maximum atomic E-state index is 14.0. The first-order chi connectivity index (χ1) is 38.2. The zero-order valence-corrected chi connectivity index (χ0v) is 48.0. The van der Waals surface area contributed by atoms with Gasteiger partial charge in [0.25, 0.3) is 0 Å². The van der Waals surface area contributed by atoms with Crippen molar-refractivity contribution in [2.24, 2.45) is 5.41 Å². The molecular weight excluding hydrogens is 1040 g/mol. The van der Waals surface area contributed by atoms with Crippen LogP contribution in [-0.2, 0) is 44.7 Å². The van der Waals surface area contributed by atoms with Crippen molar-refractivity contribution in [1.82, 2.24) is 40.2 Å². The fourth-order valence-corrected chi connectivity index (χ4v) is 11.2. The molecule has 2 fully saturated rings. The van der Waals surface area contributed by atoms with E-state index in [0.717, 1.165) is 66.3 Å². The zero-order chi connectivity index (χ0) is 57.3. The molecule has 3 aromatic heterocycles. The summed E-state index contributed by atoms with van der Waals surface area (Å²) < 4.78 is 18.7. The van der Waals surface area contributed by atoms with Gasteiger partial charge >= 0.3 is 0 Å². The maximum Gasteiger partial charge on any atom is 0.248 e. The number of allylic oxidation sites excluding steroid dienone is 4. The average Bonchev–Trinajstić information content (AvgIpc) is 4.25. The Hall–Kier alpha value is -6.97. The van der Waals surface area contributed by atoms with Crippen molar-refractivity contribution in [3.05, 3.63) is 106 Å². The molecule has 1 aliphatic carbocycles. The molecule has 2 saturated heterocycles. The number of likely N-dealkylation sites (tertiary alicyclic amines) is 1. The van der Waals surface area contributed by atoms with Crippen molar-refractivity contribution in [3.63, 3.8) is 0 Å². The van der Waals surface area contributed by atoms with Gasteiger partial charge in [0.05, 0.1) is 60.3 Å². The van der Waals surface area contributed by atoms with Crippen LogP contribution in [0.3, 0.4) is 0 Å². The number of rotatable bonds is 23. The van der Waals surface area contributed by atoms with Crippen LogP contribution in [0.5, 0.6) is 0 Å². The van der Waals surface area contributed by atoms with Gasteiger partial charge in [-0.25, -0.2) is 9.97 Å². The Morgan fingerprint density at radius 1 is 0.850 bits per heavy atom. The number of ether oxygens (including phenoxy) is 3. The molecule has 426 valence electrons. The van der Waals surface area contributed by atoms with Crippen molar-refractivity contribution in [3.8, 4) is 21.6 Å². The molecule has 0 unspecified atom stereocenters. The summed E-state index contributed by atoms with van der Waals surface area (Å²) in [6, 6.07) is 13.9. The first kappa shape index (κ1) is 59.2. The van der Waals surface area contributed by atoms with Gasteiger partial charge in [-0.15, -0.1) is 11.3 Å². The molecule has 5 aromatic rings. The van der Waals surface area contributed by atoms with Crippen LogP contribution < -0.4 is 15.5 Å². The number of aliphatic hydroxyl groups excluding tert-OH is 1. The quantitative estimate of drug-likeness (QED) is 0.0451. The Kier molecular flexibility index (Phi) is 19.6. The molecule has 0 spiro atoms. The molecule has 80 heavy (non-hydrogen) atoms. The summed E-state index contributed by atoms with van der Waals surface area (Å²) in [7, 11) is 0. The number of ketones is 2. The minimum Gasteiger partial charge on any atom is -0.391 e. The molecule has 3 atom stereocenters. The molecule has 0 bridgehead atoms. The Morgan fingerprint density at radius 3 is 2.20 bits per heavy atom. The normalized spacial score (nSPS) is 17.4. The molecule has 2 aliphatic heterocycles. The lowest BCUT2D eigenvalue weighted by Crippen LogP contribution is -2.58. The molecule has 5 heterocycles. The summed E-state index contributed by atoms with van der Waals surface area (Å²) in [5.74, 6) is -0.667. The molecular formula is C60H75N9O10S. The van der Waals surface area contributed by atoms with Crippen LogP contribution in [0, 0.1) is 12.3 Å². The number of hydrogen-bond acceptors (Lipinski definition) is 15. The molecule has 0 radical (unpaired) electrons. The van der Waals surface area contributed by atoms with E-state index >= 15 is 0 Å². The highest BCUT2D eigenvalue weighted by Gasteiger charge is 2.44. The highest BCUT2D eigenvalue weighted by atomic mass is 32.1. The van der Waals surface area contributed by atoms with Crippen molar-refractivity contribution in [1.29, 1.82) is 0 Å². The van der Waals surface area contributed by atoms with E-state index in [1.807, 2.05) is 107 Å². The monoisotopic (exact) mass is 1110 g/mol. The Bertz CT molecular complexity index is 3110. The number of nitrogens with one attached hydrogen (secondary N) is 2. The summed E-state index contributed by atoms with van der Waals surface area (Å²) in [5, 5.41) is 21.7. The molecule has 2 aromatic carbocycles. The van der Waals surface area contributed by atoms with Crippen molar-refractivity contribution in [2.45, 2.75) is 112 Å². The molecule has 0 saturated carbocycles. The summed E-state index contributed by atoms with van der Waals surface area (Å²) >= 11 is 1.56. The third-order valence-corrected chi connectivity index (χ3v) is 15.8. The van der Waals surface area contributed by atoms with Crippen molar-refractivity contribution in [2.75, 3.05) is 77.3 Å². The summed E-state index contributed by atoms with van der Waals surface area (Å²) in [5.41, 5.74) is 9.77. The number of hydrogen-bond donors (Lipinski definition) is 3. The molecule has 3 N–H and O–H groups in total. The fourth-order valence-electron chi connectivity index (χ4n) is 10.4. The van der Waals surface area contributed by atoms with Gasteiger partial charge in [0.1, 0.15) is 31.1 Å². The second-order valence-electron chi connectivity index (χ2n) is 22.2. The predicted octanol–water partition coefficient (Wildman–Crippen LogP) is 6.82. The first-order valence-corrected chi connectivity index (χ1v) is 28.4. The molecule has 19 nitrogen and oxygen atoms in total. The smallest absolute Gasteiger partial charge is 0.248 e. The van der Waals surface area contributed by atoms with Crippen molar-refractivity contribution >= 4 is 63.3 Å². The Labute approximate surface area is 471 Å². The lowest BCUT2D eigenvalue weighted by Gasteiger charge is -2.35. The molecule has 3 aliphatic rings. The van der Waals surface area contributed by atoms with Crippen LogP contribution >= 0.6 is 11.3 Å². The topological polar surface area (TPSA) is 228 Å². The van der Waals surface area contributed by atoms with Crippen LogP contribution in [0.15, 0.2) is 89.2 Å². The molecule has 8 rings (SSSR count). The Balaban J connectivity index is 0.721. The largest absolute Gasteiger partial charge is 0.391 e. The number of anilines is 1. The number of amides is 4. The number of pyridine rings is 1. The number of nitrogens with zero attached hydrogens (tertiary/aromatic N) is 7. The lowest BCUT2D eigenvalue weighted by atomic mass is 9.85. The van der Waals surface area contributed by atoms with Gasteiger partial charge in [-0.1, -0.05) is 56.7 Å². The number of carbonyl (C=O) groups excluding carboxylic acids is 6. The number of aryl methyl sites for hydroxylation is 1. The lowest BCUT2D eigenvalue weighted by molar-refractivity contribution is -0.144. The number of fused-ring (bicyclic) bond motifs is 1. The summed E-state index contributed by atoms with van der Waals surface area (Å²) in [6.07, 6.45) is 5.77. The van der Waals surface area contributed by atoms with Crippen molar-refractivity contribution < 1.29 is 48.1 Å². The predicted molar refractivity (Wildman–Crippen MR) is 306 cm³/mol. The zero-order valence-electron chi connectivity index (χ0n) is 47.2. The number of benzene rings is 2. The summed E-state index contributed by atoms with van der Waals surface area (Å²) in [4.78, 5) is 95.8. The van der Waals surface area contributed by atoms with Gasteiger partial charge in [-0.3, -0.25) is 33.4 Å². The highest BCUT2D eigenvalue weighted by molar-refractivity contribution is 7.13. The van der Waals surface area contributed by atoms with E-state index in [2.05, 4.69) is 39.5 Å². The fraction of sp³-hybridized carbons (Fsp3) is 0.483. The number of aromatic nitrogens is 4. The van der Waals surface area contributed by atoms with Gasteiger partial charge < -0.3 is 44.7 Å². The second kappa shape index (κ2) is 26.5. The van der Waals surface area contributed by atoms with E-state index in [0.29, 0.717) is 44.6 Å². The number of aliphatic hydroxyl groups is 1. The van der Waals surface area contributed by atoms with Crippen LogP contribution in [0.25, 0.3) is 32.5 Å². The number of piperazine rings is 1. The molecule has 4 amide bonds. The average molecular weight is 1110 g/mol. The van der Waals surface area contributed by atoms with Crippen LogP contribution in [-0.4, -0.2) is 160 Å². The number of carbonyl (C=O) groups is 6. The van der Waals surface area contributed by atoms with E-state index in [9.17, 15) is 33.9 Å². The number of thiazole rings is 1. The molecule has 20 heteroatoms. The maximum absolute atomic E-state index is 14.0. The number of Topliss-reactive ketones (excluding diaryl/α,β-unsaturated/α-hetero) is 2. The first-order valence-electron chi connectivity index (χ1n) is 27.5. The minimum atomic E-state index is -0.995. The van der Waals surface area contributed by atoms with Gasteiger partial charge in [-0.05, 0) is 98.6 Å². The van der Waals surface area contributed by atoms with E-state index in [1.54, 1.807) is 27.9 Å². The SMILES string of the molecule is CC1=CC(C)=C(CCC(=O)c2cc(-c3ccc(N4CCN(C(=O)COCCOCCOCC(=O)N[C@H](C(=O)N5C[C@H](O)C[C@H]5C(=O)NCc5ccc(-c6scnc6C)cc5)C(C)(C)C)CC4)nc3)cc3c2cnn3C(C)C)C(=O)C1. The van der Waals surface area contributed by atoms with E-state index in [-0.39, 0.29) is 95.0 Å². The number of β-amino-alcohol motifs (C(OH)–C–C–N with tert-alkyl or cyclic N) is 1. The van der Waals surface area contributed by atoms with Gasteiger partial charge in [0, 0.05) is 87.3 Å². The third kappa shape index (κ3) is 14.7. The van der Waals surface area contributed by atoms with Crippen LogP contribution in [0.1, 0.15) is 102 Å². The third-order valence-electron chi connectivity index (χ3n) is 14.8. The summed E-state index contributed by atoms with van der Waals surface area (Å²) in [6.45, 7) is 18.0. The minimum absolute atomic E-state index is 0.0358. The highest BCUT2D eigenvalue weighted by Crippen LogP contribution is 2.33. The second-order valence-corrected chi connectivity index (χ2v) is 23.1. The Morgan fingerprint density at radius 2 is 1.55 bits per heavy atom. The van der Waals surface area contributed by atoms with Gasteiger partial charge in [-0.2, -0.15) is 5.10 Å². The standard InChI is InChI=1S/C60H75N9O10S/c1-37(2)69-49-28-44(27-47(48(49)32-64-69)51(71)15-14-46-39(4)25-38(3)26-52(46)72)43-13-16-53(61-31-43)66-17-19-67(20-18-66)55(74)35-79-24-22-77-21-23-78-34-54(73)65-57(60(6,7)8)59(76)68-33-45(70)29-50(68)58(75)62-30-41-9-11-42(12-10-41)56-40(5)63-36-80-56/h9-13,16,25,27-28,31-32,36-37,45,50,57,70H,14-15,17-24,26,29-30,33-35H2,1-8H3,(H,62,75)(H,65,73)/t45-,50+,57-/m1/s1. The van der Waals surface area contributed by atoms with E-state index < -0.39 is 35.4 Å². The van der Waals surface area contributed by atoms with Crippen LogP contribution in [0.2, 0.25) is 0 Å².